The van der Waals surface area contributed by atoms with E-state index in [1.807, 2.05) is 37.3 Å². The molecule has 2 aromatic rings. The van der Waals surface area contributed by atoms with Crippen LogP contribution in [-0.4, -0.2) is 6.61 Å². The number of hydrogen-bond donors (Lipinski definition) is 0. The monoisotopic (exact) mass is 368 g/mol. The molecule has 2 unspecified atom stereocenters. The standard InChI is InChI=1S/C21H24F4O/c1-4-11-26-21-19(24)17(22)16(18(23)20(21)25)13(3)12-14(5-2)15-9-7-6-8-10-15/h6-10,13-14H,4-5,11-12H2,1-3H3. The molecule has 1 nitrogen and oxygen atoms in total. The minimum atomic E-state index is -1.47. The van der Waals surface area contributed by atoms with Gasteiger partial charge in [0.15, 0.2) is 17.4 Å². The topological polar surface area (TPSA) is 9.23 Å². The quantitative estimate of drug-likeness (QED) is 0.371. The fourth-order valence-corrected chi connectivity index (χ4v) is 3.20. The van der Waals surface area contributed by atoms with Gasteiger partial charge in [-0.15, -0.1) is 0 Å². The summed E-state index contributed by atoms with van der Waals surface area (Å²) in [7, 11) is 0. The second kappa shape index (κ2) is 9.06. The Bertz CT molecular complexity index is 702. The molecule has 26 heavy (non-hydrogen) atoms. The van der Waals surface area contributed by atoms with Gasteiger partial charge in [-0.1, -0.05) is 51.1 Å². The summed E-state index contributed by atoms with van der Waals surface area (Å²) in [6.45, 7) is 5.26. The summed E-state index contributed by atoms with van der Waals surface area (Å²) in [4.78, 5) is 0. The summed E-state index contributed by atoms with van der Waals surface area (Å²) < 4.78 is 62.3. The highest BCUT2D eigenvalue weighted by atomic mass is 19.2. The van der Waals surface area contributed by atoms with Gasteiger partial charge in [0.1, 0.15) is 0 Å². The van der Waals surface area contributed by atoms with Crippen molar-refractivity contribution in [3.05, 3.63) is 64.7 Å². The normalized spacial score (nSPS) is 13.5. The maximum atomic E-state index is 14.5. The van der Waals surface area contributed by atoms with Gasteiger partial charge >= 0.3 is 0 Å². The van der Waals surface area contributed by atoms with E-state index >= 15 is 0 Å². The van der Waals surface area contributed by atoms with Crippen LogP contribution in [0.15, 0.2) is 30.3 Å². The van der Waals surface area contributed by atoms with Crippen molar-refractivity contribution in [1.82, 2.24) is 0 Å². The third kappa shape index (κ3) is 4.19. The summed E-state index contributed by atoms with van der Waals surface area (Å²) in [5, 5.41) is 0. The van der Waals surface area contributed by atoms with Gasteiger partial charge in [0.2, 0.25) is 11.6 Å². The van der Waals surface area contributed by atoms with Crippen molar-refractivity contribution < 1.29 is 22.3 Å². The van der Waals surface area contributed by atoms with Crippen molar-refractivity contribution in [2.45, 2.75) is 51.9 Å². The zero-order valence-corrected chi connectivity index (χ0v) is 15.3. The van der Waals surface area contributed by atoms with E-state index in [4.69, 9.17) is 4.74 Å². The molecule has 2 aromatic carbocycles. The maximum absolute atomic E-state index is 14.5. The van der Waals surface area contributed by atoms with Crippen LogP contribution in [0.1, 0.15) is 63.0 Å². The third-order valence-electron chi connectivity index (χ3n) is 4.60. The summed E-state index contributed by atoms with van der Waals surface area (Å²) >= 11 is 0. The number of halogens is 4. The molecule has 142 valence electrons. The fraction of sp³-hybridized carbons (Fsp3) is 0.429. The minimum Gasteiger partial charge on any atom is -0.487 e. The molecule has 0 aliphatic heterocycles. The molecule has 0 amide bonds. The highest BCUT2D eigenvalue weighted by Gasteiger charge is 2.30. The van der Waals surface area contributed by atoms with Crippen LogP contribution in [0.3, 0.4) is 0 Å². The first kappa shape index (κ1) is 20.3. The van der Waals surface area contributed by atoms with E-state index in [1.165, 1.54) is 0 Å². The average molecular weight is 368 g/mol. The Morgan fingerprint density at radius 3 is 1.96 bits per heavy atom. The van der Waals surface area contributed by atoms with E-state index in [0.29, 0.717) is 12.8 Å². The zero-order valence-electron chi connectivity index (χ0n) is 15.3. The highest BCUT2D eigenvalue weighted by Crippen LogP contribution is 2.38. The molecular weight excluding hydrogens is 344 g/mol. The average Bonchev–Trinajstić information content (AvgIpc) is 2.65. The van der Waals surface area contributed by atoms with Crippen molar-refractivity contribution >= 4 is 0 Å². The summed E-state index contributed by atoms with van der Waals surface area (Å²) in [5.41, 5.74) is 0.477. The SMILES string of the molecule is CCCOc1c(F)c(F)c(C(C)CC(CC)c2ccccc2)c(F)c1F. The lowest BCUT2D eigenvalue weighted by Gasteiger charge is -2.22. The molecule has 0 spiro atoms. The lowest BCUT2D eigenvalue weighted by molar-refractivity contribution is 0.268. The van der Waals surface area contributed by atoms with Crippen LogP contribution in [-0.2, 0) is 0 Å². The number of rotatable bonds is 8. The molecule has 0 saturated heterocycles. The van der Waals surface area contributed by atoms with Gasteiger partial charge in [0.05, 0.1) is 6.61 Å². The van der Waals surface area contributed by atoms with E-state index in [9.17, 15) is 17.6 Å². The van der Waals surface area contributed by atoms with Crippen LogP contribution >= 0.6 is 0 Å². The lowest BCUT2D eigenvalue weighted by Crippen LogP contribution is -2.13. The summed E-state index contributed by atoms with van der Waals surface area (Å²) in [5.74, 6) is -7.31. The molecule has 0 bridgehead atoms. The first-order chi connectivity index (χ1) is 12.4. The first-order valence-electron chi connectivity index (χ1n) is 8.95. The molecule has 2 atom stereocenters. The molecule has 0 saturated carbocycles. The van der Waals surface area contributed by atoms with Gasteiger partial charge in [0.25, 0.3) is 0 Å². The maximum Gasteiger partial charge on any atom is 0.204 e. The van der Waals surface area contributed by atoms with E-state index in [2.05, 4.69) is 0 Å². The Kier molecular flexibility index (Phi) is 7.06. The molecular formula is C21H24F4O. The Hall–Kier alpha value is -2.04. The van der Waals surface area contributed by atoms with E-state index in [-0.39, 0.29) is 12.5 Å². The van der Waals surface area contributed by atoms with E-state index < -0.39 is 40.5 Å². The molecule has 0 aliphatic carbocycles. The van der Waals surface area contributed by atoms with Crippen molar-refractivity contribution in [3.63, 3.8) is 0 Å². The molecule has 0 N–H and O–H groups in total. The number of benzene rings is 2. The van der Waals surface area contributed by atoms with Crippen LogP contribution in [0.4, 0.5) is 17.6 Å². The zero-order chi connectivity index (χ0) is 19.3. The predicted molar refractivity (Wildman–Crippen MR) is 94.6 cm³/mol. The van der Waals surface area contributed by atoms with Gasteiger partial charge in [-0.25, -0.2) is 8.78 Å². The Morgan fingerprint density at radius 1 is 0.885 bits per heavy atom. The lowest BCUT2D eigenvalue weighted by atomic mass is 9.84. The Morgan fingerprint density at radius 2 is 1.46 bits per heavy atom. The second-order valence-electron chi connectivity index (χ2n) is 6.50. The highest BCUT2D eigenvalue weighted by molar-refractivity contribution is 5.36. The molecule has 0 heterocycles. The smallest absolute Gasteiger partial charge is 0.204 e. The van der Waals surface area contributed by atoms with Gasteiger partial charge < -0.3 is 4.74 Å². The van der Waals surface area contributed by atoms with Crippen molar-refractivity contribution in [3.8, 4) is 5.75 Å². The fourth-order valence-electron chi connectivity index (χ4n) is 3.20. The molecule has 0 fully saturated rings. The minimum absolute atomic E-state index is 0.0203. The van der Waals surface area contributed by atoms with Crippen LogP contribution in [0.2, 0.25) is 0 Å². The molecule has 2 rings (SSSR count). The molecule has 0 radical (unpaired) electrons. The summed E-state index contributed by atoms with van der Waals surface area (Å²) in [6.07, 6.45) is 1.60. The van der Waals surface area contributed by atoms with Gasteiger partial charge in [0, 0.05) is 5.56 Å². The first-order valence-corrected chi connectivity index (χ1v) is 8.95. The largest absolute Gasteiger partial charge is 0.487 e. The van der Waals surface area contributed by atoms with Crippen LogP contribution in [0.5, 0.6) is 5.75 Å². The van der Waals surface area contributed by atoms with Crippen LogP contribution < -0.4 is 4.74 Å². The van der Waals surface area contributed by atoms with Gasteiger partial charge in [-0.3, -0.25) is 0 Å². The van der Waals surface area contributed by atoms with Crippen molar-refractivity contribution in [2.24, 2.45) is 0 Å². The number of hydrogen-bond acceptors (Lipinski definition) is 1. The van der Waals surface area contributed by atoms with Crippen molar-refractivity contribution in [1.29, 1.82) is 0 Å². The Labute approximate surface area is 152 Å². The van der Waals surface area contributed by atoms with Crippen LogP contribution in [0.25, 0.3) is 0 Å². The second-order valence-corrected chi connectivity index (χ2v) is 6.50. The van der Waals surface area contributed by atoms with Gasteiger partial charge in [-0.2, -0.15) is 8.78 Å². The van der Waals surface area contributed by atoms with Crippen LogP contribution in [0, 0.1) is 23.3 Å². The third-order valence-corrected chi connectivity index (χ3v) is 4.60. The predicted octanol–water partition coefficient (Wildman–Crippen LogP) is 6.72. The van der Waals surface area contributed by atoms with Crippen molar-refractivity contribution in [2.75, 3.05) is 6.61 Å². The molecule has 5 heteroatoms. The molecule has 0 aliphatic rings. The Balaban J connectivity index is 2.35. The molecule has 0 aromatic heterocycles. The van der Waals surface area contributed by atoms with Gasteiger partial charge in [-0.05, 0) is 36.7 Å². The summed E-state index contributed by atoms with van der Waals surface area (Å²) in [6, 6.07) is 9.55. The number of ether oxygens (including phenoxy) is 1. The van der Waals surface area contributed by atoms with E-state index in [1.54, 1.807) is 13.8 Å². The van der Waals surface area contributed by atoms with E-state index in [0.717, 1.165) is 12.0 Å².